The number of aromatic nitrogens is 3. The zero-order valence-corrected chi connectivity index (χ0v) is 6.47. The first-order valence-electron chi connectivity index (χ1n) is 3.87. The molecule has 0 saturated heterocycles. The minimum absolute atomic E-state index is 0.0975. The minimum Gasteiger partial charge on any atom is -0.480 e. The van der Waals surface area contributed by atoms with Gasteiger partial charge in [0.05, 0.1) is 0 Å². The Balaban J connectivity index is 2.07. The Bertz CT molecular complexity index is 303. The molecule has 5 heteroatoms. The normalized spacial score (nSPS) is 16.3. The van der Waals surface area contributed by atoms with Gasteiger partial charge in [-0.25, -0.2) is 9.67 Å². The highest BCUT2D eigenvalue weighted by molar-refractivity contribution is 5.66. The number of hydrogen-bond donors (Lipinski definition) is 1. The Hall–Kier alpha value is -1.39. The van der Waals surface area contributed by atoms with Gasteiger partial charge < -0.3 is 5.11 Å². The molecule has 12 heavy (non-hydrogen) atoms. The Labute approximate surface area is 69.0 Å². The summed E-state index contributed by atoms with van der Waals surface area (Å²) < 4.78 is 1.36. The number of carboxylic acid groups (broad SMARTS) is 1. The van der Waals surface area contributed by atoms with Gasteiger partial charge in [0.15, 0.2) is 5.82 Å². The van der Waals surface area contributed by atoms with Crippen LogP contribution >= 0.6 is 0 Å². The van der Waals surface area contributed by atoms with E-state index in [1.54, 1.807) is 0 Å². The fourth-order valence-electron chi connectivity index (χ4n) is 1.05. The van der Waals surface area contributed by atoms with Crippen molar-refractivity contribution in [3.8, 4) is 0 Å². The Kier molecular flexibility index (Phi) is 1.56. The second-order valence-corrected chi connectivity index (χ2v) is 2.97. The second kappa shape index (κ2) is 2.58. The Morgan fingerprint density at radius 2 is 2.50 bits per heavy atom. The van der Waals surface area contributed by atoms with Gasteiger partial charge in [-0.1, -0.05) is 0 Å². The highest BCUT2D eigenvalue weighted by Gasteiger charge is 2.27. The lowest BCUT2D eigenvalue weighted by Gasteiger charge is -1.91. The summed E-state index contributed by atoms with van der Waals surface area (Å²) in [6, 6.07) is 0. The van der Waals surface area contributed by atoms with Crippen molar-refractivity contribution >= 4 is 5.97 Å². The monoisotopic (exact) mass is 167 g/mol. The summed E-state index contributed by atoms with van der Waals surface area (Å²) in [5, 5.41) is 12.5. The SMILES string of the molecule is O=C(O)Cn1cnc(C2CC2)n1. The first-order chi connectivity index (χ1) is 5.75. The summed E-state index contributed by atoms with van der Waals surface area (Å²) in [4.78, 5) is 14.3. The lowest BCUT2D eigenvalue weighted by Crippen LogP contribution is -2.09. The summed E-state index contributed by atoms with van der Waals surface area (Å²) in [7, 11) is 0. The van der Waals surface area contributed by atoms with Gasteiger partial charge in [0, 0.05) is 5.92 Å². The second-order valence-electron chi connectivity index (χ2n) is 2.97. The predicted molar refractivity (Wildman–Crippen MR) is 39.6 cm³/mol. The molecule has 0 aromatic carbocycles. The molecule has 2 rings (SSSR count). The maximum absolute atomic E-state index is 10.3. The molecule has 64 valence electrons. The van der Waals surface area contributed by atoms with Crippen LogP contribution in [0.1, 0.15) is 24.6 Å². The molecule has 1 aliphatic carbocycles. The van der Waals surface area contributed by atoms with Crippen molar-refractivity contribution in [2.45, 2.75) is 25.3 Å². The van der Waals surface area contributed by atoms with Gasteiger partial charge in [0.1, 0.15) is 12.9 Å². The molecule has 5 nitrogen and oxygen atoms in total. The van der Waals surface area contributed by atoms with Crippen LogP contribution in [0, 0.1) is 0 Å². The minimum atomic E-state index is -0.887. The standard InChI is InChI=1S/C7H9N3O2/c11-6(12)3-10-4-8-7(9-10)5-1-2-5/h4-5H,1-3H2,(H,11,12). The number of carboxylic acids is 1. The zero-order chi connectivity index (χ0) is 8.55. The third-order valence-corrected chi connectivity index (χ3v) is 1.79. The van der Waals surface area contributed by atoms with Gasteiger partial charge in [0.2, 0.25) is 0 Å². The van der Waals surface area contributed by atoms with Gasteiger partial charge in [0.25, 0.3) is 0 Å². The number of nitrogens with zero attached hydrogens (tertiary/aromatic N) is 3. The molecule has 0 amide bonds. The average Bonchev–Trinajstić information content (AvgIpc) is 2.73. The van der Waals surface area contributed by atoms with Crippen molar-refractivity contribution in [1.82, 2.24) is 14.8 Å². The molecule has 1 aromatic heterocycles. The molecule has 1 heterocycles. The van der Waals surface area contributed by atoms with Crippen LogP contribution in [0.4, 0.5) is 0 Å². The van der Waals surface area contributed by atoms with Gasteiger partial charge in [-0.05, 0) is 12.8 Å². The van der Waals surface area contributed by atoms with E-state index in [1.807, 2.05) is 0 Å². The average molecular weight is 167 g/mol. The third kappa shape index (κ3) is 1.44. The highest BCUT2D eigenvalue weighted by atomic mass is 16.4. The maximum atomic E-state index is 10.3. The van der Waals surface area contributed by atoms with Gasteiger partial charge in [-0.2, -0.15) is 5.10 Å². The van der Waals surface area contributed by atoms with Gasteiger partial charge >= 0.3 is 5.97 Å². The van der Waals surface area contributed by atoms with E-state index in [-0.39, 0.29) is 6.54 Å². The van der Waals surface area contributed by atoms with Crippen LogP contribution in [0.25, 0.3) is 0 Å². The quantitative estimate of drug-likeness (QED) is 0.700. The molecule has 0 bridgehead atoms. The fraction of sp³-hybridized carbons (Fsp3) is 0.571. The van der Waals surface area contributed by atoms with Crippen LogP contribution in [0.5, 0.6) is 0 Å². The number of aliphatic carboxylic acids is 1. The van der Waals surface area contributed by atoms with E-state index in [9.17, 15) is 4.79 Å². The summed E-state index contributed by atoms with van der Waals surface area (Å²) in [5.74, 6) is 0.388. The van der Waals surface area contributed by atoms with Crippen LogP contribution in [0.15, 0.2) is 6.33 Å². The smallest absolute Gasteiger partial charge is 0.325 e. The summed E-state index contributed by atoms with van der Waals surface area (Å²) >= 11 is 0. The van der Waals surface area contributed by atoms with Crippen molar-refractivity contribution in [3.05, 3.63) is 12.2 Å². The van der Waals surface area contributed by atoms with Crippen molar-refractivity contribution < 1.29 is 9.90 Å². The topological polar surface area (TPSA) is 68.0 Å². The van der Waals surface area contributed by atoms with Crippen molar-refractivity contribution in [2.75, 3.05) is 0 Å². The van der Waals surface area contributed by atoms with E-state index in [0.717, 1.165) is 18.7 Å². The molecule has 1 fully saturated rings. The zero-order valence-electron chi connectivity index (χ0n) is 6.47. The Morgan fingerprint density at radius 3 is 3.08 bits per heavy atom. The van der Waals surface area contributed by atoms with Crippen LogP contribution in [-0.2, 0) is 11.3 Å². The molecule has 0 unspecified atom stereocenters. The molecule has 0 atom stereocenters. The number of carbonyl (C=O) groups is 1. The fourth-order valence-corrected chi connectivity index (χ4v) is 1.05. The van der Waals surface area contributed by atoms with Gasteiger partial charge in [-0.15, -0.1) is 0 Å². The first kappa shape index (κ1) is 7.27. The molecule has 1 N–H and O–H groups in total. The number of hydrogen-bond acceptors (Lipinski definition) is 3. The lowest BCUT2D eigenvalue weighted by atomic mass is 10.4. The summed E-state index contributed by atoms with van der Waals surface area (Å²) in [6.45, 7) is -0.0975. The predicted octanol–water partition coefficient (Wildman–Crippen LogP) is 0.240. The van der Waals surface area contributed by atoms with Crippen LogP contribution in [0.3, 0.4) is 0 Å². The van der Waals surface area contributed by atoms with Crippen molar-refractivity contribution in [1.29, 1.82) is 0 Å². The van der Waals surface area contributed by atoms with E-state index in [0.29, 0.717) is 5.92 Å². The van der Waals surface area contributed by atoms with E-state index < -0.39 is 5.97 Å². The van der Waals surface area contributed by atoms with E-state index >= 15 is 0 Å². The van der Waals surface area contributed by atoms with Crippen LogP contribution < -0.4 is 0 Å². The summed E-state index contributed by atoms with van der Waals surface area (Å²) in [6.07, 6.45) is 3.75. The number of rotatable bonds is 3. The van der Waals surface area contributed by atoms with Gasteiger partial charge in [-0.3, -0.25) is 4.79 Å². The summed E-state index contributed by atoms with van der Waals surface area (Å²) in [5.41, 5.74) is 0. The molecule has 0 spiro atoms. The Morgan fingerprint density at radius 1 is 1.75 bits per heavy atom. The molecule has 0 aliphatic heterocycles. The van der Waals surface area contributed by atoms with Crippen LogP contribution in [-0.4, -0.2) is 25.8 Å². The van der Waals surface area contributed by atoms with Crippen molar-refractivity contribution in [3.63, 3.8) is 0 Å². The molecule has 1 saturated carbocycles. The van der Waals surface area contributed by atoms with E-state index in [2.05, 4.69) is 10.1 Å². The van der Waals surface area contributed by atoms with E-state index in [4.69, 9.17) is 5.11 Å². The highest BCUT2D eigenvalue weighted by Crippen LogP contribution is 2.37. The molecule has 0 radical (unpaired) electrons. The van der Waals surface area contributed by atoms with Crippen molar-refractivity contribution in [2.24, 2.45) is 0 Å². The molecular weight excluding hydrogens is 158 g/mol. The molecule has 1 aliphatic rings. The third-order valence-electron chi connectivity index (χ3n) is 1.79. The largest absolute Gasteiger partial charge is 0.480 e. The maximum Gasteiger partial charge on any atom is 0.325 e. The molecule has 1 aromatic rings. The first-order valence-corrected chi connectivity index (χ1v) is 3.87. The molecular formula is C7H9N3O2. The van der Waals surface area contributed by atoms with Crippen LogP contribution in [0.2, 0.25) is 0 Å². The van der Waals surface area contributed by atoms with E-state index in [1.165, 1.54) is 11.0 Å². The lowest BCUT2D eigenvalue weighted by molar-refractivity contribution is -0.137.